The predicted octanol–water partition coefficient (Wildman–Crippen LogP) is 2.46. The molecule has 0 aromatic heterocycles. The lowest BCUT2D eigenvalue weighted by atomic mass is 9.93. The van der Waals surface area contributed by atoms with Crippen LogP contribution in [0, 0.1) is 5.92 Å². The van der Waals surface area contributed by atoms with Crippen molar-refractivity contribution in [3.05, 3.63) is 11.6 Å². The van der Waals surface area contributed by atoms with Crippen LogP contribution >= 0.6 is 0 Å². The third-order valence-corrected chi connectivity index (χ3v) is 2.75. The molecule has 0 unspecified atom stereocenters. The van der Waals surface area contributed by atoms with E-state index in [4.69, 9.17) is 4.74 Å². The zero-order valence-corrected chi connectivity index (χ0v) is 11.2. The van der Waals surface area contributed by atoms with Gasteiger partial charge in [-0.05, 0) is 18.9 Å². The minimum absolute atomic E-state index is 0.0866. The van der Waals surface area contributed by atoms with Crippen molar-refractivity contribution in [2.75, 3.05) is 6.61 Å². The molecular formula is C14H22O4. The van der Waals surface area contributed by atoms with Crippen LogP contribution in [0.5, 0.6) is 0 Å². The molecule has 0 rings (SSSR count). The molecule has 0 amide bonds. The maximum Gasteiger partial charge on any atom is 0.306 e. The monoisotopic (exact) mass is 254 g/mol. The first-order valence-electron chi connectivity index (χ1n) is 6.40. The highest BCUT2D eigenvalue weighted by atomic mass is 16.5. The first kappa shape index (κ1) is 16.6. The Hall–Kier alpha value is -1.45. The summed E-state index contributed by atoms with van der Waals surface area (Å²) in [6.07, 6.45) is 6.25. The quantitative estimate of drug-likeness (QED) is 0.260. The van der Waals surface area contributed by atoms with Gasteiger partial charge in [-0.1, -0.05) is 25.8 Å². The Morgan fingerprint density at radius 2 is 2.00 bits per heavy atom. The lowest BCUT2D eigenvalue weighted by molar-refractivity contribution is -0.144. The van der Waals surface area contributed by atoms with Crippen molar-refractivity contribution < 1.29 is 19.1 Å². The van der Waals surface area contributed by atoms with Crippen molar-refractivity contribution in [2.45, 2.75) is 46.0 Å². The summed E-state index contributed by atoms with van der Waals surface area (Å²) in [5.41, 5.74) is 0.479. The van der Waals surface area contributed by atoms with Crippen LogP contribution in [-0.2, 0) is 19.1 Å². The lowest BCUT2D eigenvalue weighted by Gasteiger charge is -2.13. The second kappa shape index (κ2) is 10.7. The number of ether oxygens (including phenoxy) is 1. The molecule has 0 aliphatic carbocycles. The molecular weight excluding hydrogens is 232 g/mol. The van der Waals surface area contributed by atoms with Crippen molar-refractivity contribution in [3.63, 3.8) is 0 Å². The summed E-state index contributed by atoms with van der Waals surface area (Å²) in [5, 5.41) is 0. The smallest absolute Gasteiger partial charge is 0.306 e. The van der Waals surface area contributed by atoms with Crippen LogP contribution in [0.2, 0.25) is 0 Å². The molecule has 0 spiro atoms. The molecule has 0 aromatic carbocycles. The summed E-state index contributed by atoms with van der Waals surface area (Å²) in [6, 6.07) is 0. The standard InChI is InChI=1S/C14H22O4/c1-3-5-6-9-18-14(17)10-13(7-8-15)12(4-2)11-16/h4,8,11,13H,3,5-7,9-10H2,1-2H3/b12-4-/t13-/m0/s1. The fourth-order valence-electron chi connectivity index (χ4n) is 1.65. The minimum atomic E-state index is -0.358. The highest BCUT2D eigenvalue weighted by molar-refractivity contribution is 5.78. The fraction of sp³-hybridized carbons (Fsp3) is 0.643. The van der Waals surface area contributed by atoms with Gasteiger partial charge in [-0.15, -0.1) is 0 Å². The number of hydrogen-bond acceptors (Lipinski definition) is 4. The van der Waals surface area contributed by atoms with Crippen LogP contribution in [-0.4, -0.2) is 25.1 Å². The van der Waals surface area contributed by atoms with Crippen LogP contribution in [0.15, 0.2) is 11.6 Å². The maximum atomic E-state index is 11.5. The van der Waals surface area contributed by atoms with Gasteiger partial charge in [0.2, 0.25) is 0 Å². The van der Waals surface area contributed by atoms with Gasteiger partial charge in [0.25, 0.3) is 0 Å². The Morgan fingerprint density at radius 3 is 2.50 bits per heavy atom. The van der Waals surface area contributed by atoms with Gasteiger partial charge in [0.05, 0.1) is 13.0 Å². The minimum Gasteiger partial charge on any atom is -0.466 e. The summed E-state index contributed by atoms with van der Waals surface area (Å²) in [6.45, 7) is 4.20. The zero-order chi connectivity index (χ0) is 13.8. The Labute approximate surface area is 108 Å². The normalized spacial score (nSPS) is 12.9. The van der Waals surface area contributed by atoms with Gasteiger partial charge in [0, 0.05) is 12.3 Å². The van der Waals surface area contributed by atoms with Crippen LogP contribution in [0.3, 0.4) is 0 Å². The molecule has 102 valence electrons. The van der Waals surface area contributed by atoms with Gasteiger partial charge in [0.15, 0.2) is 0 Å². The maximum absolute atomic E-state index is 11.5. The van der Waals surface area contributed by atoms with Crippen molar-refractivity contribution in [1.82, 2.24) is 0 Å². The number of unbranched alkanes of at least 4 members (excludes halogenated alkanes) is 2. The van der Waals surface area contributed by atoms with E-state index in [1.54, 1.807) is 13.0 Å². The van der Waals surface area contributed by atoms with E-state index in [0.717, 1.165) is 25.5 Å². The SMILES string of the molecule is C/C=C(/C=O)[C@@H](CC=O)CC(=O)OCCCCC. The van der Waals surface area contributed by atoms with E-state index in [1.165, 1.54) is 0 Å². The zero-order valence-electron chi connectivity index (χ0n) is 11.2. The van der Waals surface area contributed by atoms with E-state index in [1.807, 2.05) is 0 Å². The van der Waals surface area contributed by atoms with Crippen molar-refractivity contribution >= 4 is 18.5 Å². The van der Waals surface area contributed by atoms with E-state index in [-0.39, 0.29) is 24.7 Å². The summed E-state index contributed by atoms with van der Waals surface area (Å²) >= 11 is 0. The third kappa shape index (κ3) is 6.99. The van der Waals surface area contributed by atoms with Crippen molar-refractivity contribution in [3.8, 4) is 0 Å². The van der Waals surface area contributed by atoms with Crippen molar-refractivity contribution in [2.24, 2.45) is 5.92 Å². The molecule has 0 fully saturated rings. The number of esters is 1. The molecule has 0 saturated heterocycles. The Kier molecular flexibility index (Phi) is 9.83. The molecule has 0 N–H and O–H groups in total. The van der Waals surface area contributed by atoms with E-state index in [2.05, 4.69) is 6.92 Å². The molecule has 0 bridgehead atoms. The molecule has 0 aliphatic rings. The van der Waals surface area contributed by atoms with E-state index >= 15 is 0 Å². The summed E-state index contributed by atoms with van der Waals surface area (Å²) in [5.74, 6) is -0.706. The molecule has 0 saturated carbocycles. The molecule has 0 aliphatic heterocycles. The molecule has 18 heavy (non-hydrogen) atoms. The Morgan fingerprint density at radius 1 is 1.28 bits per heavy atom. The molecule has 0 aromatic rings. The van der Waals surface area contributed by atoms with Gasteiger partial charge in [-0.3, -0.25) is 9.59 Å². The van der Waals surface area contributed by atoms with Crippen molar-refractivity contribution in [1.29, 1.82) is 0 Å². The summed E-state index contributed by atoms with van der Waals surface area (Å²) in [7, 11) is 0. The second-order valence-corrected chi connectivity index (χ2v) is 4.14. The van der Waals surface area contributed by atoms with E-state index in [0.29, 0.717) is 18.5 Å². The molecule has 0 radical (unpaired) electrons. The van der Waals surface area contributed by atoms with Gasteiger partial charge in [0.1, 0.15) is 12.6 Å². The fourth-order valence-corrected chi connectivity index (χ4v) is 1.65. The number of carbonyl (C=O) groups excluding carboxylic acids is 3. The third-order valence-electron chi connectivity index (χ3n) is 2.75. The first-order valence-corrected chi connectivity index (χ1v) is 6.40. The number of hydrogen-bond donors (Lipinski definition) is 0. The topological polar surface area (TPSA) is 60.4 Å². The van der Waals surface area contributed by atoms with Gasteiger partial charge < -0.3 is 9.53 Å². The van der Waals surface area contributed by atoms with E-state index in [9.17, 15) is 14.4 Å². The summed E-state index contributed by atoms with van der Waals surface area (Å²) < 4.78 is 5.06. The molecule has 0 heterocycles. The molecule has 4 heteroatoms. The van der Waals surface area contributed by atoms with E-state index < -0.39 is 0 Å². The second-order valence-electron chi connectivity index (χ2n) is 4.14. The predicted molar refractivity (Wildman–Crippen MR) is 69.1 cm³/mol. The largest absolute Gasteiger partial charge is 0.466 e. The Bertz CT molecular complexity index is 294. The van der Waals surface area contributed by atoms with Crippen LogP contribution in [0.1, 0.15) is 46.0 Å². The average Bonchev–Trinajstić information content (AvgIpc) is 2.36. The number of rotatable bonds is 10. The van der Waals surface area contributed by atoms with Crippen LogP contribution in [0.25, 0.3) is 0 Å². The number of aldehydes is 2. The number of carbonyl (C=O) groups is 3. The summed E-state index contributed by atoms with van der Waals surface area (Å²) in [4.78, 5) is 32.9. The molecule has 1 atom stereocenters. The van der Waals surface area contributed by atoms with Crippen LogP contribution < -0.4 is 0 Å². The highest BCUT2D eigenvalue weighted by Crippen LogP contribution is 2.17. The van der Waals surface area contributed by atoms with Gasteiger partial charge in [-0.2, -0.15) is 0 Å². The highest BCUT2D eigenvalue weighted by Gasteiger charge is 2.18. The van der Waals surface area contributed by atoms with Gasteiger partial charge in [-0.25, -0.2) is 0 Å². The van der Waals surface area contributed by atoms with Crippen LogP contribution in [0.4, 0.5) is 0 Å². The first-order chi connectivity index (χ1) is 8.69. The number of allylic oxidation sites excluding steroid dienone is 2. The Balaban J connectivity index is 4.19. The average molecular weight is 254 g/mol. The lowest BCUT2D eigenvalue weighted by Crippen LogP contribution is -2.15. The van der Waals surface area contributed by atoms with Gasteiger partial charge >= 0.3 is 5.97 Å². The molecule has 4 nitrogen and oxygen atoms in total.